The zero-order valence-corrected chi connectivity index (χ0v) is 12.1. The summed E-state index contributed by atoms with van der Waals surface area (Å²) in [5, 5.41) is 0.845. The van der Waals surface area contributed by atoms with Crippen LogP contribution in [-0.2, 0) is 0 Å². The largest absolute Gasteiger partial charge is 0.329 e. The molecule has 1 fully saturated rings. The van der Waals surface area contributed by atoms with Crippen molar-refractivity contribution in [2.75, 3.05) is 19.6 Å². The Morgan fingerprint density at radius 1 is 1.50 bits per heavy atom. The molecular weight excluding hydrogens is 244 g/mol. The number of hydrogen-bond acceptors (Lipinski definition) is 2. The van der Waals surface area contributed by atoms with Gasteiger partial charge in [0.05, 0.1) is 0 Å². The lowest BCUT2D eigenvalue weighted by atomic mass is 10.0. The van der Waals surface area contributed by atoms with Crippen molar-refractivity contribution in [3.05, 3.63) is 34.3 Å². The van der Waals surface area contributed by atoms with E-state index in [0.29, 0.717) is 12.6 Å². The summed E-state index contributed by atoms with van der Waals surface area (Å²) in [5.74, 6) is 0.833. The Hall–Kier alpha value is -0.570. The molecule has 2 N–H and O–H groups in total. The predicted octanol–water partition coefficient (Wildman–Crippen LogP) is 3.38. The molecule has 2 unspecified atom stereocenters. The number of rotatable bonds is 4. The van der Waals surface area contributed by atoms with Gasteiger partial charge in [-0.3, -0.25) is 4.90 Å². The van der Waals surface area contributed by atoms with Crippen LogP contribution in [0.25, 0.3) is 0 Å². The van der Waals surface area contributed by atoms with Crippen molar-refractivity contribution in [3.8, 4) is 0 Å². The van der Waals surface area contributed by atoms with Gasteiger partial charge >= 0.3 is 0 Å². The second kappa shape index (κ2) is 6.05. The Balaban J connectivity index is 2.15. The molecule has 3 heteroatoms. The van der Waals surface area contributed by atoms with Gasteiger partial charge in [-0.15, -0.1) is 0 Å². The third-order valence-electron chi connectivity index (χ3n) is 4.14. The molecule has 2 atom stereocenters. The van der Waals surface area contributed by atoms with E-state index in [4.69, 9.17) is 17.3 Å². The molecule has 1 aromatic rings. The average molecular weight is 267 g/mol. The summed E-state index contributed by atoms with van der Waals surface area (Å²) in [6.45, 7) is 7.30. The van der Waals surface area contributed by atoms with Crippen molar-refractivity contribution in [2.24, 2.45) is 11.7 Å². The molecule has 0 bridgehead atoms. The maximum atomic E-state index is 6.22. The topological polar surface area (TPSA) is 29.3 Å². The predicted molar refractivity (Wildman–Crippen MR) is 78.0 cm³/mol. The van der Waals surface area contributed by atoms with Crippen molar-refractivity contribution < 1.29 is 0 Å². The van der Waals surface area contributed by atoms with E-state index in [1.165, 1.54) is 24.9 Å². The van der Waals surface area contributed by atoms with E-state index in [9.17, 15) is 0 Å². The van der Waals surface area contributed by atoms with E-state index in [1.807, 2.05) is 6.92 Å². The van der Waals surface area contributed by atoms with Gasteiger partial charge in [-0.05, 0) is 43.0 Å². The minimum absolute atomic E-state index is 0.319. The van der Waals surface area contributed by atoms with Crippen LogP contribution in [0.1, 0.15) is 36.9 Å². The van der Waals surface area contributed by atoms with Crippen LogP contribution >= 0.6 is 11.6 Å². The molecule has 100 valence electrons. The SMILES string of the molecule is CCC1CCN(C(CN)c2ccc(C)c(Cl)c2)C1. The van der Waals surface area contributed by atoms with Crippen molar-refractivity contribution in [1.29, 1.82) is 0 Å². The van der Waals surface area contributed by atoms with Crippen LogP contribution in [0.3, 0.4) is 0 Å². The summed E-state index contributed by atoms with van der Waals surface area (Å²) in [6, 6.07) is 6.65. The third-order valence-corrected chi connectivity index (χ3v) is 4.55. The zero-order chi connectivity index (χ0) is 13.1. The van der Waals surface area contributed by atoms with Gasteiger partial charge in [0.2, 0.25) is 0 Å². The molecular formula is C15H23ClN2. The van der Waals surface area contributed by atoms with Gasteiger partial charge in [-0.25, -0.2) is 0 Å². The zero-order valence-electron chi connectivity index (χ0n) is 11.3. The molecule has 0 aromatic heterocycles. The van der Waals surface area contributed by atoms with Crippen LogP contribution in [0, 0.1) is 12.8 Å². The Kier molecular flexibility index (Phi) is 4.66. The monoisotopic (exact) mass is 266 g/mol. The maximum Gasteiger partial charge on any atom is 0.0471 e. The lowest BCUT2D eigenvalue weighted by molar-refractivity contribution is 0.241. The van der Waals surface area contributed by atoms with Crippen LogP contribution in [0.15, 0.2) is 18.2 Å². The first-order valence-corrected chi connectivity index (χ1v) is 7.23. The molecule has 0 radical (unpaired) electrons. The first kappa shape index (κ1) is 13.9. The Bertz CT molecular complexity index is 405. The molecule has 2 rings (SSSR count). The number of aryl methyl sites for hydroxylation is 1. The van der Waals surface area contributed by atoms with E-state index in [1.54, 1.807) is 0 Å². The fraction of sp³-hybridized carbons (Fsp3) is 0.600. The molecule has 2 nitrogen and oxygen atoms in total. The first-order valence-electron chi connectivity index (χ1n) is 6.85. The number of benzene rings is 1. The fourth-order valence-corrected chi connectivity index (χ4v) is 2.98. The molecule has 1 heterocycles. The molecule has 18 heavy (non-hydrogen) atoms. The fourth-order valence-electron chi connectivity index (χ4n) is 2.79. The first-order chi connectivity index (χ1) is 8.65. The highest BCUT2D eigenvalue weighted by atomic mass is 35.5. The van der Waals surface area contributed by atoms with Gasteiger partial charge in [0, 0.05) is 24.2 Å². The quantitative estimate of drug-likeness (QED) is 0.905. The van der Waals surface area contributed by atoms with Gasteiger partial charge in [0.15, 0.2) is 0 Å². The van der Waals surface area contributed by atoms with Crippen molar-refractivity contribution >= 4 is 11.6 Å². The molecule has 0 amide bonds. The maximum absolute atomic E-state index is 6.22. The highest BCUT2D eigenvalue weighted by molar-refractivity contribution is 6.31. The Morgan fingerprint density at radius 3 is 2.83 bits per heavy atom. The molecule has 1 aromatic carbocycles. The van der Waals surface area contributed by atoms with Crippen LogP contribution in [0.2, 0.25) is 5.02 Å². The van der Waals surface area contributed by atoms with E-state index in [2.05, 4.69) is 30.0 Å². The van der Waals surface area contributed by atoms with E-state index in [-0.39, 0.29) is 0 Å². The molecule has 1 saturated heterocycles. The molecule has 1 aliphatic rings. The number of likely N-dealkylation sites (tertiary alicyclic amines) is 1. The van der Waals surface area contributed by atoms with Gasteiger partial charge in [0.25, 0.3) is 0 Å². The van der Waals surface area contributed by atoms with E-state index >= 15 is 0 Å². The average Bonchev–Trinajstić information content (AvgIpc) is 2.83. The standard InChI is InChI=1S/C15H23ClN2/c1-3-12-6-7-18(10-12)15(9-17)13-5-4-11(2)14(16)8-13/h4-5,8,12,15H,3,6-7,9-10,17H2,1-2H3. The summed E-state index contributed by atoms with van der Waals surface area (Å²) in [5.41, 5.74) is 8.36. The Morgan fingerprint density at radius 2 is 2.28 bits per heavy atom. The van der Waals surface area contributed by atoms with Crippen LogP contribution in [0.4, 0.5) is 0 Å². The van der Waals surface area contributed by atoms with Gasteiger partial charge in [0.1, 0.15) is 0 Å². The molecule has 0 spiro atoms. The highest BCUT2D eigenvalue weighted by Gasteiger charge is 2.27. The van der Waals surface area contributed by atoms with Gasteiger partial charge in [-0.2, -0.15) is 0 Å². The lowest BCUT2D eigenvalue weighted by Crippen LogP contribution is -2.32. The third kappa shape index (κ3) is 2.87. The van der Waals surface area contributed by atoms with E-state index in [0.717, 1.165) is 23.0 Å². The molecule has 0 saturated carbocycles. The second-order valence-corrected chi connectivity index (χ2v) is 5.73. The van der Waals surface area contributed by atoms with Crippen LogP contribution in [0.5, 0.6) is 0 Å². The van der Waals surface area contributed by atoms with Crippen molar-refractivity contribution in [2.45, 2.75) is 32.7 Å². The number of nitrogens with zero attached hydrogens (tertiary/aromatic N) is 1. The van der Waals surface area contributed by atoms with E-state index < -0.39 is 0 Å². The summed E-state index contributed by atoms with van der Waals surface area (Å²) in [4.78, 5) is 2.51. The van der Waals surface area contributed by atoms with Gasteiger partial charge < -0.3 is 5.73 Å². The lowest BCUT2D eigenvalue weighted by Gasteiger charge is -2.27. The normalized spacial score (nSPS) is 22.3. The minimum atomic E-state index is 0.319. The highest BCUT2D eigenvalue weighted by Crippen LogP contribution is 2.30. The van der Waals surface area contributed by atoms with Crippen LogP contribution < -0.4 is 5.73 Å². The number of halogens is 1. The number of nitrogens with two attached hydrogens (primary N) is 1. The molecule has 1 aliphatic heterocycles. The number of hydrogen-bond donors (Lipinski definition) is 1. The second-order valence-electron chi connectivity index (χ2n) is 5.32. The Labute approximate surface area is 115 Å². The molecule has 0 aliphatic carbocycles. The smallest absolute Gasteiger partial charge is 0.0471 e. The summed E-state index contributed by atoms with van der Waals surface area (Å²) in [7, 11) is 0. The van der Waals surface area contributed by atoms with Gasteiger partial charge in [-0.1, -0.05) is 37.1 Å². The summed E-state index contributed by atoms with van der Waals surface area (Å²) < 4.78 is 0. The van der Waals surface area contributed by atoms with Crippen molar-refractivity contribution in [3.63, 3.8) is 0 Å². The summed E-state index contributed by atoms with van der Waals surface area (Å²) >= 11 is 6.22. The van der Waals surface area contributed by atoms with Crippen molar-refractivity contribution in [1.82, 2.24) is 4.90 Å². The minimum Gasteiger partial charge on any atom is -0.329 e. The summed E-state index contributed by atoms with van der Waals surface area (Å²) in [6.07, 6.45) is 2.56. The van der Waals surface area contributed by atoms with Crippen LogP contribution in [-0.4, -0.2) is 24.5 Å².